The Kier molecular flexibility index (Phi) is 4.67. The van der Waals surface area contributed by atoms with Gasteiger partial charge >= 0.3 is 80.7 Å². The predicted octanol–water partition coefficient (Wildman–Crippen LogP) is 1.63. The molecule has 1 aromatic carbocycles. The van der Waals surface area contributed by atoms with Crippen LogP contribution in [-0.2, 0) is 6.18 Å². The number of benzene rings is 1. The molecule has 14 heavy (non-hydrogen) atoms. The van der Waals surface area contributed by atoms with E-state index in [2.05, 4.69) is 0 Å². The summed E-state index contributed by atoms with van der Waals surface area (Å²) in [6.07, 6.45) is -4.43. The molecule has 0 radical (unpaired) electrons. The van der Waals surface area contributed by atoms with Crippen molar-refractivity contribution in [3.63, 3.8) is 0 Å². The van der Waals surface area contributed by atoms with Crippen LogP contribution in [0.15, 0.2) is 24.3 Å². The van der Waals surface area contributed by atoms with Gasteiger partial charge in [-0.25, -0.2) is 0 Å². The summed E-state index contributed by atoms with van der Waals surface area (Å²) in [5.41, 5.74) is -1.02. The van der Waals surface area contributed by atoms with E-state index in [9.17, 15) is 18.0 Å². The van der Waals surface area contributed by atoms with Gasteiger partial charge in [-0.15, -0.1) is 12.4 Å². The quantitative estimate of drug-likeness (QED) is 0.717. The summed E-state index contributed by atoms with van der Waals surface area (Å²) in [4.78, 5) is 10.9. The van der Waals surface area contributed by atoms with Crippen molar-refractivity contribution in [2.75, 3.05) is 0 Å². The summed E-state index contributed by atoms with van der Waals surface area (Å²) in [7, 11) is 0. The van der Waals surface area contributed by atoms with E-state index in [1.807, 2.05) is 0 Å². The molecule has 0 amide bonds. The zero-order chi connectivity index (χ0) is 10.1. The normalized spacial score (nSPS) is 10.8. The van der Waals surface area contributed by atoms with Crippen molar-refractivity contribution in [2.24, 2.45) is 0 Å². The van der Waals surface area contributed by atoms with Crippen LogP contribution in [0.25, 0.3) is 0 Å². The van der Waals surface area contributed by atoms with Crippen molar-refractivity contribution < 1.29 is 18.0 Å². The Morgan fingerprint density at radius 2 is 1.71 bits per heavy atom. The number of hydrogen-bond donors (Lipinski definition) is 0. The number of carbonyl (C=O) groups is 1. The fourth-order valence-corrected chi connectivity index (χ4v) is 1.95. The Morgan fingerprint density at radius 1 is 1.21 bits per heavy atom. The van der Waals surface area contributed by atoms with Crippen LogP contribution in [0, 0.1) is 0 Å². The van der Waals surface area contributed by atoms with E-state index < -0.39 is 11.7 Å². The molecular formula is C8H8ClF3GeO. The van der Waals surface area contributed by atoms with Gasteiger partial charge in [-0.2, -0.15) is 0 Å². The van der Waals surface area contributed by atoms with Crippen molar-refractivity contribution in [1.82, 2.24) is 0 Å². The van der Waals surface area contributed by atoms with Crippen molar-refractivity contribution in [2.45, 2.75) is 6.18 Å². The molecule has 0 saturated carbocycles. The van der Waals surface area contributed by atoms with E-state index in [-0.39, 0.29) is 39.1 Å². The molecule has 0 aliphatic carbocycles. The average molecular weight is 285 g/mol. The summed E-state index contributed by atoms with van der Waals surface area (Å²) in [6, 6.07) is 4.87. The molecular weight excluding hydrogens is 277 g/mol. The first kappa shape index (κ1) is 13.5. The Morgan fingerprint density at radius 3 is 2.07 bits per heavy atom. The zero-order valence-electron chi connectivity index (χ0n) is 7.26. The van der Waals surface area contributed by atoms with Gasteiger partial charge in [0.05, 0.1) is 0 Å². The monoisotopic (exact) mass is 286 g/mol. The molecule has 0 aliphatic rings. The number of alkyl halides is 3. The van der Waals surface area contributed by atoms with E-state index in [1.165, 1.54) is 18.2 Å². The van der Waals surface area contributed by atoms with Crippen LogP contribution in [0.2, 0.25) is 0 Å². The van der Waals surface area contributed by atoms with Gasteiger partial charge in [0.15, 0.2) is 0 Å². The van der Waals surface area contributed by atoms with Crippen LogP contribution in [0.1, 0.15) is 15.9 Å². The summed E-state index contributed by atoms with van der Waals surface area (Å²) in [5, 5.41) is 0. The molecule has 1 rings (SSSR count). The number of rotatable bonds is 1. The van der Waals surface area contributed by atoms with Crippen LogP contribution in [0.5, 0.6) is 0 Å². The summed E-state index contributed by atoms with van der Waals surface area (Å²) >= 11 is -0.256. The molecule has 0 atom stereocenters. The zero-order valence-corrected chi connectivity index (χ0v) is 12.3. The van der Waals surface area contributed by atoms with Crippen LogP contribution in [-0.4, -0.2) is 21.1 Å². The average Bonchev–Trinajstić information content (AvgIpc) is 2.03. The second-order valence-corrected chi connectivity index (χ2v) is 4.51. The maximum absolute atomic E-state index is 12.3. The third-order valence-electron chi connectivity index (χ3n) is 1.61. The Bertz CT molecular complexity index is 338. The number of hydrogen-bond acceptors (Lipinski definition) is 1. The summed E-state index contributed by atoms with van der Waals surface area (Å²) < 4.78 is 36.4. The van der Waals surface area contributed by atoms with Crippen LogP contribution < -0.4 is 0 Å². The van der Waals surface area contributed by atoms with Crippen molar-refractivity contribution in [1.29, 1.82) is 0 Å². The van der Waals surface area contributed by atoms with Crippen molar-refractivity contribution in [3.8, 4) is 0 Å². The van der Waals surface area contributed by atoms with Crippen LogP contribution in [0.3, 0.4) is 0 Å². The third-order valence-corrected chi connectivity index (χ3v) is 2.74. The third kappa shape index (κ3) is 3.02. The maximum atomic E-state index is 12.3. The molecule has 0 aromatic heterocycles. The molecule has 1 aromatic rings. The van der Waals surface area contributed by atoms with E-state index in [1.54, 1.807) is 0 Å². The van der Waals surface area contributed by atoms with Gasteiger partial charge in [-0.3, -0.25) is 0 Å². The fourth-order valence-electron chi connectivity index (χ4n) is 1.04. The molecule has 0 N–H and O–H groups in total. The molecule has 0 aliphatic heterocycles. The SMILES string of the molecule is Cl.O=[C]([GeH3])c1ccccc1C(F)(F)F. The fraction of sp³-hybridized carbons (Fsp3) is 0.125. The van der Waals surface area contributed by atoms with Gasteiger partial charge in [0.1, 0.15) is 0 Å². The van der Waals surface area contributed by atoms with Gasteiger partial charge in [-0.1, -0.05) is 0 Å². The predicted molar refractivity (Wildman–Crippen MR) is 53.0 cm³/mol. The Labute approximate surface area is 93.3 Å². The van der Waals surface area contributed by atoms with E-state index in [0.29, 0.717) is 0 Å². The first-order valence-corrected chi connectivity index (χ1v) is 5.70. The number of carbonyl (C=O) groups excluding carboxylic acids is 1. The second kappa shape index (κ2) is 4.84. The molecule has 1 nitrogen and oxygen atoms in total. The van der Waals surface area contributed by atoms with E-state index >= 15 is 0 Å². The Hall–Kier alpha value is -0.487. The van der Waals surface area contributed by atoms with Gasteiger partial charge in [-0.05, 0) is 0 Å². The first-order valence-electron chi connectivity index (χ1n) is 3.60. The van der Waals surface area contributed by atoms with Gasteiger partial charge in [0.2, 0.25) is 0 Å². The molecule has 0 spiro atoms. The molecule has 0 unspecified atom stereocenters. The van der Waals surface area contributed by atoms with Crippen LogP contribution in [0.4, 0.5) is 13.2 Å². The minimum absolute atomic E-state index is 0. The molecule has 78 valence electrons. The molecule has 6 heteroatoms. The topological polar surface area (TPSA) is 17.1 Å². The van der Waals surface area contributed by atoms with Gasteiger partial charge in [0, 0.05) is 0 Å². The molecule has 0 heterocycles. The molecule has 0 saturated heterocycles. The second-order valence-electron chi connectivity index (χ2n) is 2.60. The van der Waals surface area contributed by atoms with Crippen molar-refractivity contribution >= 4 is 33.5 Å². The van der Waals surface area contributed by atoms with Crippen molar-refractivity contribution in [3.05, 3.63) is 35.4 Å². The molecule has 0 fully saturated rings. The van der Waals surface area contributed by atoms with E-state index in [4.69, 9.17) is 0 Å². The van der Waals surface area contributed by atoms with Gasteiger partial charge in [0.25, 0.3) is 0 Å². The Balaban J connectivity index is 0.00000169. The summed E-state index contributed by atoms with van der Waals surface area (Å²) in [5.74, 6) is 0. The first-order chi connectivity index (χ1) is 5.93. The van der Waals surface area contributed by atoms with Crippen LogP contribution >= 0.6 is 12.4 Å². The molecule has 0 bridgehead atoms. The standard InChI is InChI=1S/C8H7F3GeO.ClH/c9-8(10,11)6-4-2-1-3-5(6)7(12)13;/h1-4H,12H3;1H. The number of halogens is 4. The summed E-state index contributed by atoms with van der Waals surface area (Å²) in [6.45, 7) is 0. The minimum atomic E-state index is -4.43. The van der Waals surface area contributed by atoms with Gasteiger partial charge < -0.3 is 0 Å². The van der Waals surface area contributed by atoms with E-state index in [0.717, 1.165) is 6.07 Å².